The summed E-state index contributed by atoms with van der Waals surface area (Å²) in [4.78, 5) is 10.7. The molecule has 0 atom stereocenters. The molecular weight excluding hydrogens is 162 g/mol. The molecule has 0 fully saturated rings. The fraction of sp³-hybridized carbons (Fsp3) is 0.182. The Morgan fingerprint density at radius 1 is 1.38 bits per heavy atom. The lowest BCUT2D eigenvalue weighted by Crippen LogP contribution is -2.02. The number of ketones is 1. The molecule has 1 aromatic rings. The van der Waals surface area contributed by atoms with Crippen LogP contribution in [0.15, 0.2) is 42.6 Å². The summed E-state index contributed by atoms with van der Waals surface area (Å²) in [5.74, 6) is 0.119. The number of para-hydroxylation sites is 1. The van der Waals surface area contributed by atoms with Crippen molar-refractivity contribution in [2.75, 3.05) is 5.32 Å². The van der Waals surface area contributed by atoms with E-state index in [4.69, 9.17) is 0 Å². The third kappa shape index (κ3) is 3.56. The molecule has 1 N–H and O–H groups in total. The van der Waals surface area contributed by atoms with Crippen LogP contribution < -0.4 is 5.32 Å². The molecule has 2 nitrogen and oxygen atoms in total. The van der Waals surface area contributed by atoms with Crippen LogP contribution in [-0.4, -0.2) is 5.78 Å². The zero-order valence-electron chi connectivity index (χ0n) is 7.71. The number of hydrogen-bond donors (Lipinski definition) is 1. The fourth-order valence-electron chi connectivity index (χ4n) is 1.07. The van der Waals surface area contributed by atoms with Crippen LogP contribution in [0.2, 0.25) is 0 Å². The van der Waals surface area contributed by atoms with Crippen molar-refractivity contribution in [2.45, 2.75) is 13.3 Å². The standard InChI is InChI=1S/C11H13NO/c1-9(8-10(2)13)12-11-6-4-3-5-7-11/h3-7,12H,1,8H2,2H3. The van der Waals surface area contributed by atoms with E-state index in [0.29, 0.717) is 6.42 Å². The lowest BCUT2D eigenvalue weighted by atomic mass is 10.2. The minimum absolute atomic E-state index is 0.119. The first-order valence-electron chi connectivity index (χ1n) is 4.18. The van der Waals surface area contributed by atoms with Gasteiger partial charge in [-0.2, -0.15) is 0 Å². The molecule has 0 amide bonds. The Morgan fingerprint density at radius 3 is 2.54 bits per heavy atom. The predicted octanol–water partition coefficient (Wildman–Crippen LogP) is 2.59. The van der Waals surface area contributed by atoms with Gasteiger partial charge in [-0.1, -0.05) is 24.8 Å². The summed E-state index contributed by atoms with van der Waals surface area (Å²) in [6, 6.07) is 9.68. The number of hydrogen-bond acceptors (Lipinski definition) is 2. The number of allylic oxidation sites excluding steroid dienone is 1. The van der Waals surface area contributed by atoms with E-state index in [1.54, 1.807) is 6.92 Å². The zero-order chi connectivity index (χ0) is 9.68. The van der Waals surface area contributed by atoms with Gasteiger partial charge in [-0.15, -0.1) is 0 Å². The van der Waals surface area contributed by atoms with E-state index in [9.17, 15) is 4.79 Å². The van der Waals surface area contributed by atoms with Crippen LogP contribution in [0, 0.1) is 0 Å². The molecule has 0 saturated heterocycles. The van der Waals surface area contributed by atoms with Gasteiger partial charge in [0.2, 0.25) is 0 Å². The van der Waals surface area contributed by atoms with Gasteiger partial charge < -0.3 is 5.32 Å². The molecule has 13 heavy (non-hydrogen) atoms. The van der Waals surface area contributed by atoms with Crippen LogP contribution in [0.4, 0.5) is 5.69 Å². The Kier molecular flexibility index (Phi) is 3.26. The quantitative estimate of drug-likeness (QED) is 0.762. The molecule has 0 saturated carbocycles. The molecule has 0 bridgehead atoms. The van der Waals surface area contributed by atoms with Crippen LogP contribution in [0.5, 0.6) is 0 Å². The van der Waals surface area contributed by atoms with E-state index in [0.717, 1.165) is 11.4 Å². The van der Waals surface area contributed by atoms with Crippen molar-refractivity contribution < 1.29 is 4.79 Å². The van der Waals surface area contributed by atoms with Gasteiger partial charge in [0.05, 0.1) is 0 Å². The first-order valence-corrected chi connectivity index (χ1v) is 4.18. The summed E-state index contributed by atoms with van der Waals surface area (Å²) in [5.41, 5.74) is 1.70. The molecule has 68 valence electrons. The van der Waals surface area contributed by atoms with Crippen LogP contribution >= 0.6 is 0 Å². The Hall–Kier alpha value is -1.57. The van der Waals surface area contributed by atoms with Gasteiger partial charge in [0.15, 0.2) is 0 Å². The zero-order valence-corrected chi connectivity index (χ0v) is 7.71. The maximum absolute atomic E-state index is 10.7. The van der Waals surface area contributed by atoms with E-state index in [2.05, 4.69) is 11.9 Å². The molecule has 0 spiro atoms. The van der Waals surface area contributed by atoms with Crippen molar-refractivity contribution >= 4 is 11.5 Å². The number of anilines is 1. The highest BCUT2D eigenvalue weighted by Crippen LogP contribution is 2.09. The third-order valence-corrected chi connectivity index (χ3v) is 1.56. The highest BCUT2D eigenvalue weighted by atomic mass is 16.1. The summed E-state index contributed by atoms with van der Waals surface area (Å²) in [7, 11) is 0. The minimum atomic E-state index is 0.119. The number of rotatable bonds is 4. The Bertz CT molecular complexity index is 303. The van der Waals surface area contributed by atoms with E-state index in [1.165, 1.54) is 0 Å². The molecule has 1 aromatic carbocycles. The van der Waals surface area contributed by atoms with Crippen LogP contribution in [0.3, 0.4) is 0 Å². The van der Waals surface area contributed by atoms with Crippen molar-refractivity contribution in [3.63, 3.8) is 0 Å². The lowest BCUT2D eigenvalue weighted by molar-refractivity contribution is -0.116. The number of carbonyl (C=O) groups is 1. The molecule has 2 heteroatoms. The van der Waals surface area contributed by atoms with Crippen molar-refractivity contribution in [2.24, 2.45) is 0 Å². The van der Waals surface area contributed by atoms with Crippen LogP contribution in [0.25, 0.3) is 0 Å². The number of Topliss-reactive ketones (excluding diaryl/α,β-unsaturated/α-hetero) is 1. The molecule has 1 rings (SSSR count). The average molecular weight is 175 g/mol. The summed E-state index contributed by atoms with van der Waals surface area (Å²) >= 11 is 0. The Labute approximate surface area is 78.3 Å². The maximum Gasteiger partial charge on any atom is 0.135 e. The number of carbonyl (C=O) groups excluding carboxylic acids is 1. The second kappa shape index (κ2) is 4.45. The van der Waals surface area contributed by atoms with Gasteiger partial charge >= 0.3 is 0 Å². The van der Waals surface area contributed by atoms with Gasteiger partial charge in [-0.3, -0.25) is 4.79 Å². The number of benzene rings is 1. The van der Waals surface area contributed by atoms with Crippen molar-refractivity contribution in [3.05, 3.63) is 42.6 Å². The lowest BCUT2D eigenvalue weighted by Gasteiger charge is -2.06. The minimum Gasteiger partial charge on any atom is -0.359 e. The SMILES string of the molecule is C=C(CC(C)=O)Nc1ccccc1. The normalized spacial score (nSPS) is 9.31. The fourth-order valence-corrected chi connectivity index (χ4v) is 1.07. The van der Waals surface area contributed by atoms with Gasteiger partial charge in [0, 0.05) is 17.8 Å². The molecule has 0 aliphatic heterocycles. The highest BCUT2D eigenvalue weighted by Gasteiger charge is 1.97. The Morgan fingerprint density at radius 2 is 2.00 bits per heavy atom. The van der Waals surface area contributed by atoms with E-state index in [1.807, 2.05) is 30.3 Å². The van der Waals surface area contributed by atoms with Crippen LogP contribution in [-0.2, 0) is 4.79 Å². The van der Waals surface area contributed by atoms with E-state index < -0.39 is 0 Å². The predicted molar refractivity (Wildman–Crippen MR) is 54.5 cm³/mol. The summed E-state index contributed by atoms with van der Waals surface area (Å²) in [6.07, 6.45) is 0.384. The molecule has 0 aromatic heterocycles. The summed E-state index contributed by atoms with van der Waals surface area (Å²) < 4.78 is 0. The van der Waals surface area contributed by atoms with Crippen molar-refractivity contribution in [1.29, 1.82) is 0 Å². The summed E-state index contributed by atoms with van der Waals surface area (Å²) in [6.45, 7) is 5.31. The molecule has 0 heterocycles. The van der Waals surface area contributed by atoms with Gasteiger partial charge in [0.25, 0.3) is 0 Å². The molecule has 0 aliphatic rings. The Balaban J connectivity index is 2.50. The first-order chi connectivity index (χ1) is 6.18. The smallest absolute Gasteiger partial charge is 0.135 e. The highest BCUT2D eigenvalue weighted by molar-refractivity contribution is 5.78. The monoisotopic (exact) mass is 175 g/mol. The van der Waals surface area contributed by atoms with Crippen molar-refractivity contribution in [3.8, 4) is 0 Å². The van der Waals surface area contributed by atoms with Gasteiger partial charge in [-0.05, 0) is 19.1 Å². The number of nitrogens with one attached hydrogen (secondary N) is 1. The molecular formula is C11H13NO. The summed E-state index contributed by atoms with van der Waals surface area (Å²) in [5, 5.41) is 3.06. The largest absolute Gasteiger partial charge is 0.359 e. The molecule has 0 aliphatic carbocycles. The van der Waals surface area contributed by atoms with E-state index in [-0.39, 0.29) is 5.78 Å². The molecule has 0 unspecified atom stereocenters. The van der Waals surface area contributed by atoms with Gasteiger partial charge in [0.1, 0.15) is 5.78 Å². The second-order valence-electron chi connectivity index (χ2n) is 2.97. The second-order valence-corrected chi connectivity index (χ2v) is 2.97. The first kappa shape index (κ1) is 9.52. The van der Waals surface area contributed by atoms with Crippen molar-refractivity contribution in [1.82, 2.24) is 0 Å². The van der Waals surface area contributed by atoms with E-state index >= 15 is 0 Å². The van der Waals surface area contributed by atoms with Gasteiger partial charge in [-0.25, -0.2) is 0 Å². The molecule has 0 radical (unpaired) electrons. The average Bonchev–Trinajstić information content (AvgIpc) is 2.04. The topological polar surface area (TPSA) is 29.1 Å². The third-order valence-electron chi connectivity index (χ3n) is 1.56. The maximum atomic E-state index is 10.7. The van der Waals surface area contributed by atoms with Crippen LogP contribution in [0.1, 0.15) is 13.3 Å².